The van der Waals surface area contributed by atoms with E-state index in [1.54, 1.807) is 0 Å². The third-order valence-electron chi connectivity index (χ3n) is 3.62. The molecule has 1 aromatic carbocycles. The Labute approximate surface area is 133 Å². The van der Waals surface area contributed by atoms with Gasteiger partial charge in [0.05, 0.1) is 6.04 Å². The number of halogens is 1. The van der Waals surface area contributed by atoms with Crippen LogP contribution in [0, 0.1) is 6.92 Å². The molecule has 0 amide bonds. The van der Waals surface area contributed by atoms with E-state index in [1.165, 1.54) is 0 Å². The number of hydrogen-bond donors (Lipinski definition) is 1. The molecule has 2 aromatic rings. The van der Waals surface area contributed by atoms with Crippen molar-refractivity contribution < 1.29 is 4.52 Å². The van der Waals surface area contributed by atoms with Crippen LogP contribution in [-0.4, -0.2) is 34.7 Å². The fourth-order valence-electron chi connectivity index (χ4n) is 2.18. The molecule has 0 fully saturated rings. The van der Waals surface area contributed by atoms with Crippen molar-refractivity contribution in [3.05, 3.63) is 34.1 Å². The highest BCUT2D eigenvalue weighted by Gasteiger charge is 2.18. The van der Waals surface area contributed by atoms with E-state index >= 15 is 0 Å². The highest BCUT2D eigenvalue weighted by molar-refractivity contribution is 9.10. The molecule has 0 bridgehead atoms. The minimum absolute atomic E-state index is 0.241. The number of hydrogen-bond acceptors (Lipinski definition) is 5. The van der Waals surface area contributed by atoms with Gasteiger partial charge in [-0.05, 0) is 37.7 Å². The molecule has 1 aromatic heterocycles. The number of nitrogens with zero attached hydrogens (tertiary/aromatic N) is 3. The zero-order chi connectivity index (χ0) is 15.4. The van der Waals surface area contributed by atoms with Crippen molar-refractivity contribution in [1.82, 2.24) is 15.0 Å². The van der Waals surface area contributed by atoms with Gasteiger partial charge in [-0.2, -0.15) is 4.98 Å². The average Bonchev–Trinajstić information content (AvgIpc) is 2.97. The van der Waals surface area contributed by atoms with E-state index in [1.807, 2.05) is 25.1 Å². The first kappa shape index (κ1) is 16.1. The van der Waals surface area contributed by atoms with Gasteiger partial charge >= 0.3 is 0 Å². The molecule has 0 saturated carbocycles. The van der Waals surface area contributed by atoms with Crippen molar-refractivity contribution >= 4 is 15.9 Å². The van der Waals surface area contributed by atoms with Crippen LogP contribution in [0.3, 0.4) is 0 Å². The van der Waals surface area contributed by atoms with Gasteiger partial charge in [0.2, 0.25) is 0 Å². The molecule has 21 heavy (non-hydrogen) atoms. The molecule has 2 rings (SSSR count). The van der Waals surface area contributed by atoms with Crippen LogP contribution in [0.5, 0.6) is 0 Å². The molecule has 1 unspecified atom stereocenters. The highest BCUT2D eigenvalue weighted by Crippen LogP contribution is 2.27. The Morgan fingerprint density at radius 1 is 1.33 bits per heavy atom. The van der Waals surface area contributed by atoms with Gasteiger partial charge < -0.3 is 15.2 Å². The second-order valence-electron chi connectivity index (χ2n) is 4.96. The van der Waals surface area contributed by atoms with Crippen molar-refractivity contribution in [2.75, 3.05) is 19.6 Å². The zero-order valence-corrected chi connectivity index (χ0v) is 14.2. The summed E-state index contributed by atoms with van der Waals surface area (Å²) in [6.07, 6.45) is 0. The van der Waals surface area contributed by atoms with Crippen molar-refractivity contribution in [2.45, 2.75) is 26.8 Å². The van der Waals surface area contributed by atoms with Crippen molar-refractivity contribution in [3.63, 3.8) is 0 Å². The van der Waals surface area contributed by atoms with Crippen LogP contribution in [0.25, 0.3) is 11.5 Å². The number of rotatable bonds is 6. The van der Waals surface area contributed by atoms with Crippen LogP contribution >= 0.6 is 15.9 Å². The standard InChI is InChI=1S/C15H21BrN4O/c1-4-20(5-2)9-13(17)14-18-15(21-19-14)11-7-6-8-12(16)10(11)3/h6-8,13H,4-5,9,17H2,1-3H3. The SMILES string of the molecule is CCN(CC)CC(N)c1noc(-c2cccc(Br)c2C)n1. The van der Waals surface area contributed by atoms with Gasteiger partial charge in [0.1, 0.15) is 0 Å². The number of nitrogens with two attached hydrogens (primary N) is 1. The predicted molar refractivity (Wildman–Crippen MR) is 86.9 cm³/mol. The number of benzene rings is 1. The minimum atomic E-state index is -0.241. The molecule has 5 nitrogen and oxygen atoms in total. The van der Waals surface area contributed by atoms with E-state index in [9.17, 15) is 0 Å². The summed E-state index contributed by atoms with van der Waals surface area (Å²) in [5, 5.41) is 4.03. The first-order valence-electron chi connectivity index (χ1n) is 7.13. The van der Waals surface area contributed by atoms with Crippen LogP contribution in [0.4, 0.5) is 0 Å². The maximum Gasteiger partial charge on any atom is 0.258 e. The molecule has 0 aliphatic carbocycles. The van der Waals surface area contributed by atoms with Gasteiger partial charge in [-0.25, -0.2) is 0 Å². The lowest BCUT2D eigenvalue weighted by Gasteiger charge is -2.20. The Balaban J connectivity index is 2.19. The zero-order valence-electron chi connectivity index (χ0n) is 12.6. The normalized spacial score (nSPS) is 12.9. The van der Waals surface area contributed by atoms with E-state index in [0.29, 0.717) is 11.7 Å². The molecule has 0 spiro atoms. The number of likely N-dealkylation sites (N-methyl/N-ethyl adjacent to an activating group) is 1. The Kier molecular flexibility index (Phi) is 5.50. The monoisotopic (exact) mass is 352 g/mol. The van der Waals surface area contributed by atoms with Crippen molar-refractivity contribution in [2.24, 2.45) is 5.73 Å². The first-order valence-corrected chi connectivity index (χ1v) is 7.93. The maximum atomic E-state index is 6.17. The van der Waals surface area contributed by atoms with Gasteiger partial charge in [-0.15, -0.1) is 0 Å². The van der Waals surface area contributed by atoms with Crippen LogP contribution in [0.15, 0.2) is 27.2 Å². The third-order valence-corrected chi connectivity index (χ3v) is 4.48. The smallest absolute Gasteiger partial charge is 0.258 e. The summed E-state index contributed by atoms with van der Waals surface area (Å²) in [6, 6.07) is 5.66. The molecule has 114 valence electrons. The average molecular weight is 353 g/mol. The summed E-state index contributed by atoms with van der Waals surface area (Å²) in [7, 11) is 0. The minimum Gasteiger partial charge on any atom is -0.334 e. The van der Waals surface area contributed by atoms with Gasteiger partial charge in [0.25, 0.3) is 5.89 Å². The molecule has 0 radical (unpaired) electrons. The summed E-state index contributed by atoms with van der Waals surface area (Å²) < 4.78 is 6.40. The molecule has 0 aliphatic rings. The Hall–Kier alpha value is -1.24. The van der Waals surface area contributed by atoms with E-state index in [2.05, 4.69) is 44.8 Å². The summed E-state index contributed by atoms with van der Waals surface area (Å²) >= 11 is 3.51. The van der Waals surface area contributed by atoms with Gasteiger partial charge in [0.15, 0.2) is 5.82 Å². The fourth-order valence-corrected chi connectivity index (χ4v) is 2.54. The summed E-state index contributed by atoms with van der Waals surface area (Å²) in [4.78, 5) is 6.69. The quantitative estimate of drug-likeness (QED) is 0.864. The van der Waals surface area contributed by atoms with E-state index in [0.717, 1.165) is 35.2 Å². The largest absolute Gasteiger partial charge is 0.334 e. The molecule has 0 aliphatic heterocycles. The predicted octanol–water partition coefficient (Wildman–Crippen LogP) is 3.15. The molecular weight excluding hydrogens is 332 g/mol. The lowest BCUT2D eigenvalue weighted by molar-refractivity contribution is 0.278. The topological polar surface area (TPSA) is 68.2 Å². The van der Waals surface area contributed by atoms with Gasteiger partial charge in [-0.3, -0.25) is 0 Å². The van der Waals surface area contributed by atoms with Gasteiger partial charge in [-0.1, -0.05) is 41.0 Å². The Morgan fingerprint density at radius 3 is 2.71 bits per heavy atom. The molecule has 1 heterocycles. The van der Waals surface area contributed by atoms with Crippen LogP contribution in [0.1, 0.15) is 31.3 Å². The molecule has 6 heteroatoms. The summed E-state index contributed by atoms with van der Waals surface area (Å²) in [5.74, 6) is 1.06. The summed E-state index contributed by atoms with van der Waals surface area (Å²) in [6.45, 7) is 8.88. The van der Waals surface area contributed by atoms with Crippen LogP contribution < -0.4 is 5.73 Å². The second kappa shape index (κ2) is 7.15. The van der Waals surface area contributed by atoms with E-state index in [-0.39, 0.29) is 6.04 Å². The highest BCUT2D eigenvalue weighted by atomic mass is 79.9. The fraction of sp³-hybridized carbons (Fsp3) is 0.467. The lowest BCUT2D eigenvalue weighted by Crippen LogP contribution is -2.32. The molecule has 1 atom stereocenters. The van der Waals surface area contributed by atoms with E-state index < -0.39 is 0 Å². The maximum absolute atomic E-state index is 6.17. The van der Waals surface area contributed by atoms with Crippen LogP contribution in [-0.2, 0) is 0 Å². The lowest BCUT2D eigenvalue weighted by atomic mass is 10.1. The second-order valence-corrected chi connectivity index (χ2v) is 5.82. The summed E-state index contributed by atoms with van der Waals surface area (Å²) in [5.41, 5.74) is 8.17. The number of aromatic nitrogens is 2. The van der Waals surface area contributed by atoms with Crippen molar-refractivity contribution in [3.8, 4) is 11.5 Å². The molecular formula is C15H21BrN4O. The van der Waals surface area contributed by atoms with E-state index in [4.69, 9.17) is 10.3 Å². The van der Waals surface area contributed by atoms with Gasteiger partial charge in [0, 0.05) is 16.6 Å². The first-order chi connectivity index (χ1) is 10.1. The third kappa shape index (κ3) is 3.70. The van der Waals surface area contributed by atoms with Crippen molar-refractivity contribution in [1.29, 1.82) is 0 Å². The van der Waals surface area contributed by atoms with Crippen LogP contribution in [0.2, 0.25) is 0 Å². The molecule has 2 N–H and O–H groups in total. The Bertz CT molecular complexity index is 595. The Morgan fingerprint density at radius 2 is 2.05 bits per heavy atom. The molecule has 0 saturated heterocycles.